The molecule has 0 N–H and O–H groups in total. The molecule has 5 rings (SSSR count). The molecule has 228 valence electrons. The van der Waals surface area contributed by atoms with Crippen molar-refractivity contribution in [3.63, 3.8) is 0 Å². The van der Waals surface area contributed by atoms with Crippen LogP contribution in [0.1, 0.15) is 42.5 Å². The van der Waals surface area contributed by atoms with Crippen molar-refractivity contribution in [2.45, 2.75) is 44.3 Å². The van der Waals surface area contributed by atoms with Crippen LogP contribution < -0.4 is 5.56 Å². The van der Waals surface area contributed by atoms with Gasteiger partial charge in [-0.15, -0.1) is 0 Å². The van der Waals surface area contributed by atoms with Crippen molar-refractivity contribution in [1.29, 1.82) is 0 Å². The van der Waals surface area contributed by atoms with E-state index in [2.05, 4.69) is 22.6 Å². The number of aromatic nitrogens is 3. The first-order valence-corrected chi connectivity index (χ1v) is 16.9. The number of hydrogen-bond donors (Lipinski definition) is 0. The Hall–Kier alpha value is -3.44. The molecule has 0 amide bonds. The van der Waals surface area contributed by atoms with Crippen LogP contribution in [0.4, 0.5) is 5.95 Å². The number of methoxy groups -OCH3 is 1. The van der Waals surface area contributed by atoms with E-state index in [1.807, 2.05) is 49.5 Å². The molecule has 1 aliphatic rings. The molecule has 1 fully saturated rings. The molecule has 3 heterocycles. The van der Waals surface area contributed by atoms with Gasteiger partial charge < -0.3 is 18.8 Å². The van der Waals surface area contributed by atoms with Gasteiger partial charge in [-0.3, -0.25) is 4.79 Å². The quantitative estimate of drug-likeness (QED) is 0.234. The van der Waals surface area contributed by atoms with Crippen LogP contribution in [0.15, 0.2) is 70.0 Å². The molecular formula is C33H40N4O5S. The first-order chi connectivity index (χ1) is 20.6. The molecule has 0 spiro atoms. The number of pyridine rings is 1. The minimum atomic E-state index is -2.54. The second-order valence-corrected chi connectivity index (χ2v) is 14.0. The molecule has 2 aromatic heterocycles. The van der Waals surface area contributed by atoms with Gasteiger partial charge in [0.15, 0.2) is 6.29 Å². The molecule has 4 aromatic rings. The molecule has 2 aromatic carbocycles. The van der Waals surface area contributed by atoms with Crippen molar-refractivity contribution in [2.24, 2.45) is 11.4 Å². The molecule has 0 aliphatic carbocycles. The highest BCUT2D eigenvalue weighted by atomic mass is 32.2. The lowest BCUT2D eigenvalue weighted by molar-refractivity contribution is -0.170. The van der Waals surface area contributed by atoms with Gasteiger partial charge in [-0.05, 0) is 67.5 Å². The summed E-state index contributed by atoms with van der Waals surface area (Å²) in [7, 11) is 0.897. The SMILES string of the molecule is COCCC(COC1CCCCO1)(c1ccccc1)c1nc(N=S(C)(C)=O)nc2ccc(-c3cc(C)c(=O)n(C)c3)cc12. The molecule has 1 aliphatic heterocycles. The number of aryl methyl sites for hydroxylation is 2. The van der Waals surface area contributed by atoms with Crippen LogP contribution in [-0.4, -0.2) is 64.5 Å². The van der Waals surface area contributed by atoms with E-state index in [1.165, 1.54) is 0 Å². The maximum atomic E-state index is 12.8. The second-order valence-electron chi connectivity index (χ2n) is 11.5. The maximum Gasteiger partial charge on any atom is 0.258 e. The third kappa shape index (κ3) is 7.04. The standard InChI is InChI=1S/C33H40N4O5S/c1-23-19-25(21-37(2)31(23)38)24-14-15-28-27(20-24)30(35-32(34-28)36-43(4,5)39)33(16-18-40-3,26-11-7-6-8-12-26)22-42-29-13-9-10-17-41-29/h6-8,11-12,14-15,19-21,29H,9-10,13,16-18,22H2,1-5H3. The molecule has 0 bridgehead atoms. The molecule has 0 radical (unpaired) electrons. The van der Waals surface area contributed by atoms with E-state index >= 15 is 0 Å². The first kappa shape index (κ1) is 31.0. The topological polar surface area (TPSA) is 105 Å². The van der Waals surface area contributed by atoms with Crippen LogP contribution in [0.5, 0.6) is 0 Å². The summed E-state index contributed by atoms with van der Waals surface area (Å²) in [6, 6.07) is 18.0. The Kier molecular flexibility index (Phi) is 9.41. The van der Waals surface area contributed by atoms with Gasteiger partial charge in [0, 0.05) is 66.8 Å². The van der Waals surface area contributed by atoms with Crippen LogP contribution in [0.3, 0.4) is 0 Å². The number of fused-ring (bicyclic) bond motifs is 1. The van der Waals surface area contributed by atoms with E-state index in [0.29, 0.717) is 36.4 Å². The number of ether oxygens (including phenoxy) is 3. The van der Waals surface area contributed by atoms with Crippen molar-refractivity contribution in [1.82, 2.24) is 14.5 Å². The van der Waals surface area contributed by atoms with Crippen LogP contribution in [-0.2, 0) is 36.4 Å². The molecule has 9 nitrogen and oxygen atoms in total. The average Bonchev–Trinajstić information content (AvgIpc) is 2.99. The van der Waals surface area contributed by atoms with Crippen LogP contribution in [0, 0.1) is 6.92 Å². The summed E-state index contributed by atoms with van der Waals surface area (Å²) in [6.45, 7) is 3.22. The van der Waals surface area contributed by atoms with E-state index in [0.717, 1.165) is 41.3 Å². The third-order valence-electron chi connectivity index (χ3n) is 7.85. The molecule has 0 saturated carbocycles. The highest BCUT2D eigenvalue weighted by Gasteiger charge is 2.39. The minimum absolute atomic E-state index is 0.0349. The zero-order valence-electron chi connectivity index (χ0n) is 25.5. The first-order valence-electron chi connectivity index (χ1n) is 14.5. The van der Waals surface area contributed by atoms with E-state index in [1.54, 1.807) is 31.2 Å². The molecule has 43 heavy (non-hydrogen) atoms. The molecule has 10 heteroatoms. The Balaban J connectivity index is 1.80. The summed E-state index contributed by atoms with van der Waals surface area (Å²) < 4.78 is 37.0. The lowest BCUT2D eigenvalue weighted by Gasteiger charge is -2.36. The fourth-order valence-electron chi connectivity index (χ4n) is 5.67. The van der Waals surface area contributed by atoms with Crippen LogP contribution in [0.2, 0.25) is 0 Å². The number of nitrogens with zero attached hydrogens (tertiary/aromatic N) is 4. The van der Waals surface area contributed by atoms with Crippen molar-refractivity contribution in [3.05, 3.63) is 88.0 Å². The normalized spacial score (nSPS) is 17.1. The van der Waals surface area contributed by atoms with Crippen molar-refractivity contribution in [2.75, 3.05) is 39.4 Å². The summed E-state index contributed by atoms with van der Waals surface area (Å²) in [5.74, 6) is 0.162. The van der Waals surface area contributed by atoms with Crippen molar-refractivity contribution < 1.29 is 18.4 Å². The third-order valence-corrected chi connectivity index (χ3v) is 8.45. The van der Waals surface area contributed by atoms with Gasteiger partial charge in [-0.25, -0.2) is 14.2 Å². The van der Waals surface area contributed by atoms with Gasteiger partial charge in [0.05, 0.1) is 23.2 Å². The lowest BCUT2D eigenvalue weighted by atomic mass is 9.74. The van der Waals surface area contributed by atoms with Gasteiger partial charge in [-0.1, -0.05) is 36.4 Å². The van der Waals surface area contributed by atoms with E-state index in [-0.39, 0.29) is 24.4 Å². The fraction of sp³-hybridized carbons (Fsp3) is 0.424. The van der Waals surface area contributed by atoms with E-state index in [4.69, 9.17) is 24.2 Å². The van der Waals surface area contributed by atoms with Crippen LogP contribution >= 0.6 is 0 Å². The van der Waals surface area contributed by atoms with Gasteiger partial charge in [0.1, 0.15) is 0 Å². The summed E-state index contributed by atoms with van der Waals surface area (Å²) in [6.07, 6.45) is 8.12. The van der Waals surface area contributed by atoms with Crippen LogP contribution in [0.25, 0.3) is 22.0 Å². The summed E-state index contributed by atoms with van der Waals surface area (Å²) in [5, 5.41) is 0.815. The fourth-order valence-corrected chi connectivity index (χ4v) is 6.14. The van der Waals surface area contributed by atoms with Crippen molar-refractivity contribution in [3.8, 4) is 11.1 Å². The monoisotopic (exact) mass is 604 g/mol. The van der Waals surface area contributed by atoms with E-state index < -0.39 is 15.1 Å². The smallest absolute Gasteiger partial charge is 0.258 e. The van der Waals surface area contributed by atoms with Gasteiger partial charge in [0.2, 0.25) is 0 Å². The molecular weight excluding hydrogens is 564 g/mol. The molecule has 1 saturated heterocycles. The Morgan fingerprint density at radius 2 is 1.88 bits per heavy atom. The largest absolute Gasteiger partial charge is 0.385 e. The Bertz CT molecular complexity index is 1740. The highest BCUT2D eigenvalue weighted by Crippen LogP contribution is 2.41. The zero-order chi connectivity index (χ0) is 30.6. The summed E-state index contributed by atoms with van der Waals surface area (Å²) >= 11 is 0. The predicted octanol–water partition coefficient (Wildman–Crippen LogP) is 5.53. The molecule has 2 atom stereocenters. The van der Waals surface area contributed by atoms with Gasteiger partial charge in [-0.2, -0.15) is 4.36 Å². The number of hydrogen-bond acceptors (Lipinski definition) is 8. The zero-order valence-corrected chi connectivity index (χ0v) is 26.4. The highest BCUT2D eigenvalue weighted by molar-refractivity contribution is 7.92. The number of rotatable bonds is 10. The van der Waals surface area contributed by atoms with Gasteiger partial charge >= 0.3 is 0 Å². The Morgan fingerprint density at radius 3 is 2.56 bits per heavy atom. The molecule has 2 unspecified atom stereocenters. The summed E-state index contributed by atoms with van der Waals surface area (Å²) in [5.41, 5.74) is 4.06. The number of benzene rings is 2. The lowest BCUT2D eigenvalue weighted by Crippen LogP contribution is -2.38. The average molecular weight is 605 g/mol. The van der Waals surface area contributed by atoms with Crippen molar-refractivity contribution >= 4 is 26.6 Å². The summed E-state index contributed by atoms with van der Waals surface area (Å²) in [4.78, 5) is 22.2. The maximum absolute atomic E-state index is 12.8. The Morgan fingerprint density at radius 1 is 1.09 bits per heavy atom. The van der Waals surface area contributed by atoms with Gasteiger partial charge in [0.25, 0.3) is 11.5 Å². The second kappa shape index (κ2) is 13.1. The van der Waals surface area contributed by atoms with E-state index in [9.17, 15) is 9.00 Å². The minimum Gasteiger partial charge on any atom is -0.385 e. The Labute approximate surface area is 253 Å². The predicted molar refractivity (Wildman–Crippen MR) is 170 cm³/mol.